The molecule has 5 nitrogen and oxygen atoms in total. The standard InChI is InChI=1S/C18H26N4OS/c1-13-7-5-6-8-16(13)23-14(2)11-22-18(19-4)20-10-9-17-21-12-15(3)24-17/h5-8,12,14H,9-11H2,1-4H3,(H2,19,20,22). The van der Waals surface area contributed by atoms with E-state index < -0.39 is 0 Å². The lowest BCUT2D eigenvalue weighted by molar-refractivity contribution is 0.222. The molecule has 2 rings (SSSR count). The van der Waals surface area contributed by atoms with Gasteiger partial charge in [-0.05, 0) is 32.4 Å². The second kappa shape index (κ2) is 9.27. The van der Waals surface area contributed by atoms with Crippen LogP contribution in [0.15, 0.2) is 35.5 Å². The summed E-state index contributed by atoms with van der Waals surface area (Å²) in [7, 11) is 1.77. The van der Waals surface area contributed by atoms with Gasteiger partial charge in [0.05, 0.1) is 11.6 Å². The quantitative estimate of drug-likeness (QED) is 0.598. The first kappa shape index (κ1) is 18.3. The predicted molar refractivity (Wildman–Crippen MR) is 101 cm³/mol. The van der Waals surface area contributed by atoms with Crippen LogP contribution < -0.4 is 15.4 Å². The Labute approximate surface area is 148 Å². The van der Waals surface area contributed by atoms with Crippen molar-refractivity contribution in [3.8, 4) is 5.75 Å². The van der Waals surface area contributed by atoms with Crippen LogP contribution in [0.2, 0.25) is 0 Å². The number of rotatable bonds is 7. The summed E-state index contributed by atoms with van der Waals surface area (Å²) >= 11 is 1.74. The van der Waals surface area contributed by atoms with Crippen LogP contribution in [0.3, 0.4) is 0 Å². The fourth-order valence-electron chi connectivity index (χ4n) is 2.21. The van der Waals surface area contributed by atoms with Gasteiger partial charge in [0.25, 0.3) is 0 Å². The second-order valence-electron chi connectivity index (χ2n) is 5.69. The molecule has 0 saturated heterocycles. The third kappa shape index (κ3) is 5.85. The average Bonchev–Trinajstić information content (AvgIpc) is 2.98. The minimum atomic E-state index is 0.0475. The topological polar surface area (TPSA) is 58.5 Å². The molecule has 1 unspecified atom stereocenters. The van der Waals surface area contributed by atoms with E-state index in [1.165, 1.54) is 4.88 Å². The van der Waals surface area contributed by atoms with Gasteiger partial charge < -0.3 is 15.4 Å². The summed E-state index contributed by atoms with van der Waals surface area (Å²) in [6.07, 6.45) is 2.86. The molecule has 0 aliphatic heterocycles. The van der Waals surface area contributed by atoms with Gasteiger partial charge >= 0.3 is 0 Å². The first-order valence-corrected chi connectivity index (χ1v) is 8.98. The molecule has 0 radical (unpaired) electrons. The number of ether oxygens (including phenoxy) is 1. The summed E-state index contributed by atoms with van der Waals surface area (Å²) in [4.78, 5) is 9.85. The first-order valence-electron chi connectivity index (χ1n) is 8.16. The summed E-state index contributed by atoms with van der Waals surface area (Å²) in [5, 5.41) is 7.75. The number of aryl methyl sites for hydroxylation is 2. The van der Waals surface area contributed by atoms with Crippen molar-refractivity contribution >= 4 is 17.3 Å². The van der Waals surface area contributed by atoms with Gasteiger partial charge in [-0.2, -0.15) is 0 Å². The normalized spacial score (nSPS) is 12.8. The van der Waals surface area contributed by atoms with Gasteiger partial charge in [-0.1, -0.05) is 18.2 Å². The van der Waals surface area contributed by atoms with Crippen LogP contribution in [0.1, 0.15) is 22.4 Å². The third-order valence-corrected chi connectivity index (χ3v) is 4.48. The molecule has 0 amide bonds. The fraction of sp³-hybridized carbons (Fsp3) is 0.444. The number of hydrogen-bond acceptors (Lipinski definition) is 4. The van der Waals surface area contributed by atoms with E-state index in [2.05, 4.69) is 40.5 Å². The smallest absolute Gasteiger partial charge is 0.191 e. The lowest BCUT2D eigenvalue weighted by Gasteiger charge is -2.18. The van der Waals surface area contributed by atoms with E-state index in [1.807, 2.05) is 31.3 Å². The van der Waals surface area contributed by atoms with E-state index in [0.717, 1.165) is 35.2 Å². The van der Waals surface area contributed by atoms with Gasteiger partial charge in [-0.25, -0.2) is 4.98 Å². The molecule has 0 spiro atoms. The Morgan fingerprint density at radius 3 is 2.75 bits per heavy atom. The lowest BCUT2D eigenvalue weighted by atomic mass is 10.2. The fourth-order valence-corrected chi connectivity index (χ4v) is 3.00. The Morgan fingerprint density at radius 1 is 1.29 bits per heavy atom. The minimum absolute atomic E-state index is 0.0475. The van der Waals surface area contributed by atoms with Gasteiger partial charge in [0.2, 0.25) is 0 Å². The highest BCUT2D eigenvalue weighted by Gasteiger charge is 2.07. The van der Waals surface area contributed by atoms with Gasteiger partial charge in [-0.3, -0.25) is 4.99 Å². The molecule has 0 aliphatic rings. The van der Waals surface area contributed by atoms with E-state index in [0.29, 0.717) is 6.54 Å². The molecule has 24 heavy (non-hydrogen) atoms. The van der Waals surface area contributed by atoms with Crippen LogP contribution >= 0.6 is 11.3 Å². The van der Waals surface area contributed by atoms with Crippen molar-refractivity contribution in [3.05, 3.63) is 45.9 Å². The van der Waals surface area contributed by atoms with Crippen molar-refractivity contribution in [3.63, 3.8) is 0 Å². The number of nitrogens with zero attached hydrogens (tertiary/aromatic N) is 2. The van der Waals surface area contributed by atoms with Crippen molar-refractivity contribution in [2.75, 3.05) is 20.1 Å². The molecule has 130 valence electrons. The SMILES string of the molecule is CN=C(NCCc1ncc(C)s1)NCC(C)Oc1ccccc1C. The molecule has 2 N–H and O–H groups in total. The highest BCUT2D eigenvalue weighted by atomic mass is 32.1. The Hall–Kier alpha value is -2.08. The molecule has 1 heterocycles. The maximum Gasteiger partial charge on any atom is 0.191 e. The molecular formula is C18H26N4OS. The predicted octanol–water partition coefficient (Wildman–Crippen LogP) is 2.93. The molecular weight excluding hydrogens is 320 g/mol. The van der Waals surface area contributed by atoms with Crippen molar-refractivity contribution in [2.24, 2.45) is 4.99 Å². The molecule has 1 atom stereocenters. The molecule has 2 aromatic rings. The van der Waals surface area contributed by atoms with E-state index in [1.54, 1.807) is 18.4 Å². The summed E-state index contributed by atoms with van der Waals surface area (Å²) in [5.74, 6) is 1.71. The minimum Gasteiger partial charge on any atom is -0.489 e. The molecule has 1 aromatic carbocycles. The zero-order valence-corrected chi connectivity index (χ0v) is 15.6. The second-order valence-corrected chi connectivity index (χ2v) is 7.01. The Kier molecular flexibility index (Phi) is 7.06. The maximum atomic E-state index is 5.96. The van der Waals surface area contributed by atoms with Gasteiger partial charge in [0, 0.05) is 31.1 Å². The number of guanidine groups is 1. The number of benzene rings is 1. The Morgan fingerprint density at radius 2 is 2.08 bits per heavy atom. The van der Waals surface area contributed by atoms with E-state index in [4.69, 9.17) is 4.74 Å². The monoisotopic (exact) mass is 346 g/mol. The number of para-hydroxylation sites is 1. The Bertz CT molecular complexity index is 669. The summed E-state index contributed by atoms with van der Waals surface area (Å²) in [6, 6.07) is 8.05. The van der Waals surface area contributed by atoms with E-state index in [-0.39, 0.29) is 6.10 Å². The average molecular weight is 347 g/mol. The molecule has 0 saturated carbocycles. The molecule has 0 bridgehead atoms. The first-order chi connectivity index (χ1) is 11.6. The van der Waals surface area contributed by atoms with Crippen LogP contribution in [0.4, 0.5) is 0 Å². The van der Waals surface area contributed by atoms with Crippen molar-refractivity contribution in [1.82, 2.24) is 15.6 Å². The Balaban J connectivity index is 1.71. The molecule has 0 fully saturated rings. The number of nitrogens with one attached hydrogen (secondary N) is 2. The van der Waals surface area contributed by atoms with Crippen molar-refractivity contribution in [1.29, 1.82) is 0 Å². The van der Waals surface area contributed by atoms with Gasteiger partial charge in [0.1, 0.15) is 11.9 Å². The van der Waals surface area contributed by atoms with E-state index >= 15 is 0 Å². The van der Waals surface area contributed by atoms with Crippen LogP contribution in [0.5, 0.6) is 5.75 Å². The number of thiazole rings is 1. The maximum absolute atomic E-state index is 5.96. The van der Waals surface area contributed by atoms with Crippen LogP contribution in [-0.4, -0.2) is 37.2 Å². The van der Waals surface area contributed by atoms with Gasteiger partial charge in [-0.15, -0.1) is 11.3 Å². The zero-order chi connectivity index (χ0) is 17.4. The molecule has 6 heteroatoms. The largest absolute Gasteiger partial charge is 0.489 e. The zero-order valence-electron chi connectivity index (χ0n) is 14.8. The van der Waals surface area contributed by atoms with Crippen LogP contribution in [0.25, 0.3) is 0 Å². The highest BCUT2D eigenvalue weighted by molar-refractivity contribution is 7.11. The molecule has 1 aromatic heterocycles. The van der Waals surface area contributed by atoms with Crippen LogP contribution in [-0.2, 0) is 6.42 Å². The summed E-state index contributed by atoms with van der Waals surface area (Å²) in [6.45, 7) is 7.66. The van der Waals surface area contributed by atoms with Crippen LogP contribution in [0, 0.1) is 13.8 Å². The third-order valence-electron chi connectivity index (χ3n) is 3.50. The molecule has 0 aliphatic carbocycles. The number of hydrogen-bond donors (Lipinski definition) is 2. The summed E-state index contributed by atoms with van der Waals surface area (Å²) in [5.41, 5.74) is 1.14. The van der Waals surface area contributed by atoms with Crippen molar-refractivity contribution < 1.29 is 4.74 Å². The summed E-state index contributed by atoms with van der Waals surface area (Å²) < 4.78 is 5.96. The highest BCUT2D eigenvalue weighted by Crippen LogP contribution is 2.17. The van der Waals surface area contributed by atoms with Gasteiger partial charge in [0.15, 0.2) is 5.96 Å². The number of aliphatic imine (C=N–C) groups is 1. The van der Waals surface area contributed by atoms with Crippen molar-refractivity contribution in [2.45, 2.75) is 33.3 Å². The lowest BCUT2D eigenvalue weighted by Crippen LogP contribution is -2.42. The number of aromatic nitrogens is 1. The van der Waals surface area contributed by atoms with E-state index in [9.17, 15) is 0 Å².